The van der Waals surface area contributed by atoms with Crippen molar-refractivity contribution in [3.63, 3.8) is 0 Å². The first kappa shape index (κ1) is 18.4. The zero-order valence-corrected chi connectivity index (χ0v) is 15.1. The van der Waals surface area contributed by atoms with Gasteiger partial charge in [0.05, 0.1) is 12.5 Å². The molecule has 1 aliphatic heterocycles. The quantitative estimate of drug-likeness (QED) is 0.848. The molecular formula is C21H25FN2O2. The van der Waals surface area contributed by atoms with E-state index in [1.165, 1.54) is 12.1 Å². The Morgan fingerprint density at radius 2 is 2.08 bits per heavy atom. The van der Waals surface area contributed by atoms with Crippen LogP contribution in [0.3, 0.4) is 0 Å². The lowest BCUT2D eigenvalue weighted by molar-refractivity contribution is -0.121. The van der Waals surface area contributed by atoms with E-state index in [-0.39, 0.29) is 17.6 Å². The van der Waals surface area contributed by atoms with Crippen LogP contribution < -0.4 is 10.1 Å². The second-order valence-corrected chi connectivity index (χ2v) is 6.65. The molecule has 1 saturated heterocycles. The molecule has 0 aliphatic carbocycles. The number of nitrogens with zero attached hydrogens (tertiary/aromatic N) is 1. The summed E-state index contributed by atoms with van der Waals surface area (Å²) in [5, 5.41) is 3.01. The molecule has 0 unspecified atom stereocenters. The molecule has 2 aromatic carbocycles. The summed E-state index contributed by atoms with van der Waals surface area (Å²) in [5.74, 6) is 0.535. The molecule has 5 heteroatoms. The summed E-state index contributed by atoms with van der Waals surface area (Å²) in [6.07, 6.45) is 1.87. The monoisotopic (exact) mass is 356 g/mol. The fraction of sp³-hybridized carbons (Fsp3) is 0.381. The zero-order valence-electron chi connectivity index (χ0n) is 15.1. The third kappa shape index (κ3) is 5.05. The highest BCUT2D eigenvalue weighted by Gasteiger charge is 2.26. The van der Waals surface area contributed by atoms with Gasteiger partial charge in [0.25, 0.3) is 0 Å². The minimum absolute atomic E-state index is 0.0417. The number of ether oxygens (including phenoxy) is 1. The van der Waals surface area contributed by atoms with E-state index in [1.807, 2.05) is 31.2 Å². The van der Waals surface area contributed by atoms with Gasteiger partial charge in [-0.2, -0.15) is 0 Å². The third-order valence-corrected chi connectivity index (χ3v) is 4.61. The predicted molar refractivity (Wildman–Crippen MR) is 101 cm³/mol. The van der Waals surface area contributed by atoms with E-state index >= 15 is 0 Å². The summed E-state index contributed by atoms with van der Waals surface area (Å²) in [6, 6.07) is 14.0. The Kier molecular flexibility index (Phi) is 6.23. The lowest BCUT2D eigenvalue weighted by Crippen LogP contribution is -2.40. The van der Waals surface area contributed by atoms with Gasteiger partial charge >= 0.3 is 0 Å². The Morgan fingerprint density at radius 3 is 2.85 bits per heavy atom. The van der Waals surface area contributed by atoms with E-state index < -0.39 is 0 Å². The third-order valence-electron chi connectivity index (χ3n) is 4.61. The fourth-order valence-electron chi connectivity index (χ4n) is 3.34. The number of hydrogen-bond donors (Lipinski definition) is 1. The molecule has 1 aliphatic rings. The van der Waals surface area contributed by atoms with Crippen molar-refractivity contribution in [3.8, 4) is 5.75 Å². The van der Waals surface area contributed by atoms with E-state index in [9.17, 15) is 9.18 Å². The molecular weight excluding hydrogens is 331 g/mol. The largest absolute Gasteiger partial charge is 0.494 e. The van der Waals surface area contributed by atoms with Gasteiger partial charge in [0.2, 0.25) is 5.91 Å². The number of carbonyl (C=O) groups is 1. The molecule has 1 amide bonds. The van der Waals surface area contributed by atoms with Crippen LogP contribution in [0.5, 0.6) is 5.75 Å². The average molecular weight is 356 g/mol. The maximum atomic E-state index is 13.0. The lowest BCUT2D eigenvalue weighted by atomic mass is 9.96. The average Bonchev–Trinajstić information content (AvgIpc) is 2.64. The summed E-state index contributed by atoms with van der Waals surface area (Å²) in [4.78, 5) is 14.9. The normalized spacial score (nSPS) is 17.7. The number of benzene rings is 2. The minimum atomic E-state index is -0.223. The molecule has 0 aromatic heterocycles. The van der Waals surface area contributed by atoms with Crippen LogP contribution >= 0.6 is 0 Å². The Bertz CT molecular complexity index is 733. The van der Waals surface area contributed by atoms with Gasteiger partial charge < -0.3 is 10.1 Å². The molecule has 1 fully saturated rings. The number of piperidine rings is 1. The summed E-state index contributed by atoms with van der Waals surface area (Å²) >= 11 is 0. The van der Waals surface area contributed by atoms with Crippen molar-refractivity contribution in [1.29, 1.82) is 0 Å². The topological polar surface area (TPSA) is 41.6 Å². The van der Waals surface area contributed by atoms with Crippen LogP contribution in [0, 0.1) is 11.7 Å². The number of likely N-dealkylation sites (tertiary alicyclic amines) is 1. The second kappa shape index (κ2) is 8.81. The van der Waals surface area contributed by atoms with Crippen molar-refractivity contribution in [2.24, 2.45) is 5.92 Å². The maximum Gasteiger partial charge on any atom is 0.228 e. The van der Waals surface area contributed by atoms with Gasteiger partial charge in [-0.05, 0) is 56.1 Å². The van der Waals surface area contributed by atoms with Gasteiger partial charge in [0, 0.05) is 24.8 Å². The van der Waals surface area contributed by atoms with Gasteiger partial charge in [-0.1, -0.05) is 18.2 Å². The van der Waals surface area contributed by atoms with Crippen molar-refractivity contribution in [2.45, 2.75) is 26.3 Å². The highest BCUT2D eigenvalue weighted by molar-refractivity contribution is 5.92. The number of nitrogens with one attached hydrogen (secondary N) is 1. The molecule has 4 nitrogen and oxygen atoms in total. The number of halogens is 1. The van der Waals surface area contributed by atoms with E-state index in [0.29, 0.717) is 13.2 Å². The maximum absolute atomic E-state index is 13.0. The van der Waals surface area contributed by atoms with Gasteiger partial charge in [0.1, 0.15) is 11.6 Å². The van der Waals surface area contributed by atoms with Gasteiger partial charge in [-0.25, -0.2) is 4.39 Å². The molecule has 0 saturated carbocycles. The predicted octanol–water partition coefficient (Wildman–Crippen LogP) is 4.08. The number of amides is 1. The first-order valence-electron chi connectivity index (χ1n) is 9.14. The van der Waals surface area contributed by atoms with E-state index in [2.05, 4.69) is 10.2 Å². The van der Waals surface area contributed by atoms with E-state index in [4.69, 9.17) is 4.74 Å². The Hall–Kier alpha value is -2.40. The number of carbonyl (C=O) groups excluding carboxylic acids is 1. The highest BCUT2D eigenvalue weighted by Crippen LogP contribution is 2.22. The summed E-state index contributed by atoms with van der Waals surface area (Å²) in [6.45, 7) is 4.95. The van der Waals surface area contributed by atoms with Gasteiger partial charge in [-0.3, -0.25) is 9.69 Å². The van der Waals surface area contributed by atoms with Crippen LogP contribution in [0.2, 0.25) is 0 Å². The Morgan fingerprint density at radius 1 is 1.27 bits per heavy atom. The van der Waals surface area contributed by atoms with E-state index in [1.54, 1.807) is 12.1 Å². The van der Waals surface area contributed by atoms with Crippen molar-refractivity contribution in [1.82, 2.24) is 4.90 Å². The fourth-order valence-corrected chi connectivity index (χ4v) is 3.34. The second-order valence-electron chi connectivity index (χ2n) is 6.65. The van der Waals surface area contributed by atoms with Crippen LogP contribution in [-0.2, 0) is 11.3 Å². The lowest BCUT2D eigenvalue weighted by Gasteiger charge is -2.32. The minimum Gasteiger partial charge on any atom is -0.494 e. The summed E-state index contributed by atoms with van der Waals surface area (Å²) in [7, 11) is 0. The van der Waals surface area contributed by atoms with Crippen molar-refractivity contribution in [3.05, 3.63) is 59.9 Å². The molecule has 0 bridgehead atoms. The molecule has 138 valence electrons. The van der Waals surface area contributed by atoms with Crippen LogP contribution in [0.4, 0.5) is 10.1 Å². The smallest absolute Gasteiger partial charge is 0.228 e. The zero-order chi connectivity index (χ0) is 18.4. The molecule has 1 N–H and O–H groups in total. The van der Waals surface area contributed by atoms with Crippen molar-refractivity contribution < 1.29 is 13.9 Å². The number of anilines is 1. The molecule has 26 heavy (non-hydrogen) atoms. The van der Waals surface area contributed by atoms with Crippen LogP contribution in [0.15, 0.2) is 48.5 Å². The van der Waals surface area contributed by atoms with Gasteiger partial charge in [0.15, 0.2) is 0 Å². The summed E-state index contributed by atoms with van der Waals surface area (Å²) < 4.78 is 18.5. The molecule has 1 heterocycles. The molecule has 1 atom stereocenters. The standard InChI is InChI=1S/C21H25FN2O2/c1-2-26-20-7-3-6-19(13-20)23-21(25)17-5-4-12-24(15-17)14-16-8-10-18(22)11-9-16/h3,6-11,13,17H,2,4-5,12,14-15H2,1H3,(H,23,25)/t17-/m1/s1. The SMILES string of the molecule is CCOc1cccc(NC(=O)[C@@H]2CCCN(Cc3ccc(F)cc3)C2)c1. The van der Waals surface area contributed by atoms with E-state index in [0.717, 1.165) is 42.9 Å². The van der Waals surface area contributed by atoms with Crippen LogP contribution in [0.25, 0.3) is 0 Å². The number of rotatable bonds is 6. The first-order chi connectivity index (χ1) is 12.6. The van der Waals surface area contributed by atoms with Crippen molar-refractivity contribution in [2.75, 3.05) is 25.0 Å². The molecule has 0 radical (unpaired) electrons. The molecule has 3 rings (SSSR count). The molecule has 2 aromatic rings. The molecule has 0 spiro atoms. The number of hydrogen-bond acceptors (Lipinski definition) is 3. The Balaban J connectivity index is 1.57. The summed E-state index contributed by atoms with van der Waals surface area (Å²) in [5.41, 5.74) is 1.83. The first-order valence-corrected chi connectivity index (χ1v) is 9.14. The Labute approximate surface area is 154 Å². The highest BCUT2D eigenvalue weighted by atomic mass is 19.1. The van der Waals surface area contributed by atoms with Crippen LogP contribution in [-0.4, -0.2) is 30.5 Å². The van der Waals surface area contributed by atoms with Crippen molar-refractivity contribution >= 4 is 11.6 Å². The van der Waals surface area contributed by atoms with Crippen LogP contribution in [0.1, 0.15) is 25.3 Å². The van der Waals surface area contributed by atoms with Gasteiger partial charge in [-0.15, -0.1) is 0 Å².